The molecule has 1 aliphatic heterocycles. The maximum Gasteiger partial charge on any atom is 0.417 e. The van der Waals surface area contributed by atoms with Gasteiger partial charge in [-0.15, -0.1) is 0 Å². The predicted octanol–water partition coefficient (Wildman–Crippen LogP) is 2.96. The topological polar surface area (TPSA) is 71.5 Å². The van der Waals surface area contributed by atoms with Gasteiger partial charge in [0.15, 0.2) is 0 Å². The average molecular weight is 379 g/mol. The lowest BCUT2D eigenvalue weighted by Gasteiger charge is -2.38. The fraction of sp³-hybridized carbons (Fsp3) is 0.278. The van der Waals surface area contributed by atoms with Gasteiger partial charge in [0.2, 0.25) is 11.8 Å². The Hall–Kier alpha value is -3.10. The van der Waals surface area contributed by atoms with Gasteiger partial charge in [-0.25, -0.2) is 4.98 Å². The molecule has 0 aliphatic carbocycles. The molecule has 2 amide bonds. The van der Waals surface area contributed by atoms with E-state index in [0.29, 0.717) is 30.5 Å². The van der Waals surface area contributed by atoms with E-state index in [1.807, 2.05) is 0 Å². The number of hydrogen-bond acceptors (Lipinski definition) is 4. The maximum atomic E-state index is 12.5. The van der Waals surface area contributed by atoms with E-state index >= 15 is 0 Å². The Bertz CT molecular complexity index is 830. The van der Waals surface area contributed by atoms with E-state index in [2.05, 4.69) is 10.3 Å². The fourth-order valence-corrected chi connectivity index (χ4v) is 2.55. The minimum atomic E-state index is -4.44. The monoisotopic (exact) mass is 379 g/mol. The van der Waals surface area contributed by atoms with Crippen LogP contribution < -0.4 is 10.1 Å². The summed E-state index contributed by atoms with van der Waals surface area (Å²) in [6.45, 7) is 2.02. The summed E-state index contributed by atoms with van der Waals surface area (Å²) in [7, 11) is 0. The van der Waals surface area contributed by atoms with Crippen molar-refractivity contribution in [2.75, 3.05) is 18.4 Å². The Morgan fingerprint density at radius 1 is 1.15 bits per heavy atom. The van der Waals surface area contributed by atoms with Crippen LogP contribution in [0.15, 0.2) is 42.6 Å². The molecule has 1 N–H and O–H groups in total. The maximum absolute atomic E-state index is 12.5. The van der Waals surface area contributed by atoms with Crippen LogP contribution in [0.3, 0.4) is 0 Å². The van der Waals surface area contributed by atoms with Crippen LogP contribution >= 0.6 is 0 Å². The second-order valence-corrected chi connectivity index (χ2v) is 6.09. The Morgan fingerprint density at radius 2 is 1.81 bits per heavy atom. The van der Waals surface area contributed by atoms with E-state index in [1.165, 1.54) is 6.92 Å². The lowest BCUT2D eigenvalue weighted by Crippen LogP contribution is -2.56. The summed E-state index contributed by atoms with van der Waals surface area (Å²) < 4.78 is 43.0. The number of pyridine rings is 1. The van der Waals surface area contributed by atoms with Gasteiger partial charge in [0.1, 0.15) is 6.10 Å². The molecular formula is C18H16F3N3O3. The molecule has 0 radical (unpaired) electrons. The van der Waals surface area contributed by atoms with Gasteiger partial charge in [-0.3, -0.25) is 9.59 Å². The molecule has 0 atom stereocenters. The van der Waals surface area contributed by atoms with Crippen LogP contribution in [0, 0.1) is 0 Å². The molecule has 0 bridgehead atoms. The minimum Gasteiger partial charge on any atom is -0.471 e. The Labute approximate surface area is 152 Å². The normalized spacial score (nSPS) is 14.4. The highest BCUT2D eigenvalue weighted by Crippen LogP contribution is 2.29. The first kappa shape index (κ1) is 18.7. The molecule has 0 saturated carbocycles. The summed E-state index contributed by atoms with van der Waals surface area (Å²) in [5.74, 6) is -0.307. The van der Waals surface area contributed by atoms with Crippen LogP contribution in [0.1, 0.15) is 22.8 Å². The zero-order chi connectivity index (χ0) is 19.6. The molecule has 27 heavy (non-hydrogen) atoms. The molecule has 9 heteroatoms. The van der Waals surface area contributed by atoms with E-state index in [0.717, 1.165) is 12.1 Å². The lowest BCUT2D eigenvalue weighted by atomic mass is 10.1. The molecule has 0 unspecified atom stereocenters. The van der Waals surface area contributed by atoms with E-state index in [9.17, 15) is 22.8 Å². The highest BCUT2D eigenvalue weighted by molar-refractivity contribution is 5.96. The van der Waals surface area contributed by atoms with Crippen molar-refractivity contribution >= 4 is 17.5 Å². The highest BCUT2D eigenvalue weighted by atomic mass is 19.4. The van der Waals surface area contributed by atoms with E-state index in [4.69, 9.17) is 4.74 Å². The van der Waals surface area contributed by atoms with Crippen LogP contribution in [0.4, 0.5) is 18.9 Å². The van der Waals surface area contributed by atoms with Gasteiger partial charge in [-0.05, 0) is 30.3 Å². The predicted molar refractivity (Wildman–Crippen MR) is 90.3 cm³/mol. The number of nitrogens with zero attached hydrogens (tertiary/aromatic N) is 2. The number of amides is 2. The van der Waals surface area contributed by atoms with Crippen molar-refractivity contribution in [1.29, 1.82) is 0 Å². The molecule has 2 heterocycles. The van der Waals surface area contributed by atoms with Crippen LogP contribution in [-0.2, 0) is 11.0 Å². The van der Waals surface area contributed by atoms with Crippen molar-refractivity contribution in [3.8, 4) is 5.88 Å². The first-order valence-electron chi connectivity index (χ1n) is 8.09. The molecule has 2 aromatic rings. The second kappa shape index (κ2) is 7.26. The molecule has 142 valence electrons. The first-order chi connectivity index (χ1) is 12.7. The highest BCUT2D eigenvalue weighted by Gasteiger charge is 2.34. The number of alkyl halides is 3. The van der Waals surface area contributed by atoms with E-state index in [1.54, 1.807) is 29.2 Å². The summed E-state index contributed by atoms with van der Waals surface area (Å²) in [4.78, 5) is 28.6. The molecular weight excluding hydrogens is 363 g/mol. The molecule has 6 nitrogen and oxygen atoms in total. The summed E-state index contributed by atoms with van der Waals surface area (Å²) in [6.07, 6.45) is -4.05. The SMILES string of the molecule is CC(=O)Nc1ccc(C(=O)N2CC(Oc3ccc(C(F)(F)F)cn3)C2)cc1. The van der Waals surface area contributed by atoms with Crippen molar-refractivity contribution in [3.05, 3.63) is 53.7 Å². The molecule has 3 rings (SSSR count). The smallest absolute Gasteiger partial charge is 0.417 e. The van der Waals surface area contributed by atoms with Gasteiger partial charge in [-0.2, -0.15) is 13.2 Å². The summed E-state index contributed by atoms with van der Waals surface area (Å²) in [5, 5.41) is 2.61. The lowest BCUT2D eigenvalue weighted by molar-refractivity contribution is -0.137. The van der Waals surface area contributed by atoms with Crippen molar-refractivity contribution < 1.29 is 27.5 Å². The number of aromatic nitrogens is 1. The number of carbonyl (C=O) groups excluding carboxylic acids is 2. The summed E-state index contributed by atoms with van der Waals surface area (Å²) >= 11 is 0. The third-order valence-corrected chi connectivity index (χ3v) is 3.94. The first-order valence-corrected chi connectivity index (χ1v) is 8.09. The number of benzene rings is 1. The summed E-state index contributed by atoms with van der Waals surface area (Å²) in [6, 6.07) is 8.55. The number of carbonyl (C=O) groups is 2. The zero-order valence-corrected chi connectivity index (χ0v) is 14.3. The van der Waals surface area contributed by atoms with Crippen molar-refractivity contribution in [1.82, 2.24) is 9.88 Å². The van der Waals surface area contributed by atoms with Crippen LogP contribution in [0.2, 0.25) is 0 Å². The van der Waals surface area contributed by atoms with Crippen LogP contribution in [-0.4, -0.2) is 40.9 Å². The Morgan fingerprint density at radius 3 is 2.33 bits per heavy atom. The number of nitrogens with one attached hydrogen (secondary N) is 1. The number of halogens is 3. The number of hydrogen-bond donors (Lipinski definition) is 1. The van der Waals surface area contributed by atoms with E-state index in [-0.39, 0.29) is 23.8 Å². The van der Waals surface area contributed by atoms with Crippen LogP contribution in [0.25, 0.3) is 0 Å². The molecule has 1 aromatic carbocycles. The molecule has 1 saturated heterocycles. The number of rotatable bonds is 4. The second-order valence-electron chi connectivity index (χ2n) is 6.09. The fourth-order valence-electron chi connectivity index (χ4n) is 2.55. The number of anilines is 1. The standard InChI is InChI=1S/C18H16F3N3O3/c1-11(25)23-14-5-2-12(3-6-14)17(26)24-9-15(10-24)27-16-7-4-13(8-22-16)18(19,20)21/h2-8,15H,9-10H2,1H3,(H,23,25). The van der Waals surface area contributed by atoms with Crippen molar-refractivity contribution in [3.63, 3.8) is 0 Å². The van der Waals surface area contributed by atoms with Gasteiger partial charge < -0.3 is 15.0 Å². The molecule has 1 aliphatic rings. The van der Waals surface area contributed by atoms with Gasteiger partial charge in [-0.1, -0.05) is 0 Å². The van der Waals surface area contributed by atoms with Crippen molar-refractivity contribution in [2.24, 2.45) is 0 Å². The van der Waals surface area contributed by atoms with Gasteiger partial charge in [0.05, 0.1) is 18.7 Å². The van der Waals surface area contributed by atoms with Gasteiger partial charge in [0, 0.05) is 30.4 Å². The van der Waals surface area contributed by atoms with Crippen molar-refractivity contribution in [2.45, 2.75) is 19.2 Å². The van der Waals surface area contributed by atoms with E-state index < -0.39 is 11.7 Å². The van der Waals surface area contributed by atoms with Gasteiger partial charge >= 0.3 is 6.18 Å². The third-order valence-electron chi connectivity index (χ3n) is 3.94. The van der Waals surface area contributed by atoms with Crippen LogP contribution in [0.5, 0.6) is 5.88 Å². The quantitative estimate of drug-likeness (QED) is 0.887. The Balaban J connectivity index is 1.51. The molecule has 1 aromatic heterocycles. The third kappa shape index (κ3) is 4.55. The molecule has 0 spiro atoms. The minimum absolute atomic E-state index is 0.0831. The Kier molecular flexibility index (Phi) is 5.02. The number of ether oxygens (including phenoxy) is 1. The average Bonchev–Trinajstić information content (AvgIpc) is 2.57. The zero-order valence-electron chi connectivity index (χ0n) is 14.3. The van der Waals surface area contributed by atoms with Gasteiger partial charge in [0.25, 0.3) is 5.91 Å². The number of likely N-dealkylation sites (tertiary alicyclic amines) is 1. The molecule has 1 fully saturated rings. The largest absolute Gasteiger partial charge is 0.471 e. The summed E-state index contributed by atoms with van der Waals surface area (Å²) in [5.41, 5.74) is 0.218.